The molecule has 2 atom stereocenters. The summed E-state index contributed by atoms with van der Waals surface area (Å²) in [5.41, 5.74) is 1.30. The molecule has 0 aromatic carbocycles. The van der Waals surface area contributed by atoms with Gasteiger partial charge in [0.25, 0.3) is 0 Å². The van der Waals surface area contributed by atoms with Crippen molar-refractivity contribution < 1.29 is 5.11 Å². The van der Waals surface area contributed by atoms with Crippen molar-refractivity contribution >= 4 is 0 Å². The molecule has 1 N–H and O–H groups in total. The summed E-state index contributed by atoms with van der Waals surface area (Å²) in [5, 5.41) is 9.62. The van der Waals surface area contributed by atoms with Crippen molar-refractivity contribution in [3.8, 4) is 0 Å². The highest BCUT2D eigenvalue weighted by molar-refractivity contribution is 5.05. The minimum absolute atomic E-state index is 0.196. The van der Waals surface area contributed by atoms with Gasteiger partial charge >= 0.3 is 0 Å². The summed E-state index contributed by atoms with van der Waals surface area (Å²) in [6, 6.07) is 0.281. The van der Waals surface area contributed by atoms with Crippen LogP contribution in [0.2, 0.25) is 0 Å². The van der Waals surface area contributed by atoms with E-state index in [1.54, 1.807) is 0 Å². The van der Waals surface area contributed by atoms with E-state index >= 15 is 0 Å². The van der Waals surface area contributed by atoms with Gasteiger partial charge in [0.2, 0.25) is 0 Å². The van der Waals surface area contributed by atoms with Crippen molar-refractivity contribution in [2.75, 3.05) is 13.6 Å². The zero-order valence-corrected chi connectivity index (χ0v) is 7.54. The fourth-order valence-electron chi connectivity index (χ4n) is 1.34. The standard InChI is InChI=1S/C9H17NO/c1-7-4-5-10(3)8(2)9(11)6-7/h4,8-9,11H,5-6H2,1-3H3/t8-,9-/m0/s1. The highest BCUT2D eigenvalue weighted by atomic mass is 16.3. The van der Waals surface area contributed by atoms with Crippen LogP contribution in [-0.2, 0) is 0 Å². The molecule has 2 nitrogen and oxygen atoms in total. The van der Waals surface area contributed by atoms with Gasteiger partial charge < -0.3 is 5.11 Å². The molecule has 0 aliphatic carbocycles. The van der Waals surface area contributed by atoms with E-state index in [-0.39, 0.29) is 12.1 Å². The topological polar surface area (TPSA) is 23.5 Å². The normalized spacial score (nSPS) is 34.7. The molecule has 0 spiro atoms. The van der Waals surface area contributed by atoms with Crippen molar-refractivity contribution in [2.45, 2.75) is 32.4 Å². The number of nitrogens with zero attached hydrogens (tertiary/aromatic N) is 1. The Kier molecular flexibility index (Phi) is 2.68. The molecule has 1 aliphatic heterocycles. The van der Waals surface area contributed by atoms with E-state index in [0.717, 1.165) is 13.0 Å². The Morgan fingerprint density at radius 1 is 1.64 bits per heavy atom. The van der Waals surface area contributed by atoms with Crippen LogP contribution >= 0.6 is 0 Å². The monoisotopic (exact) mass is 155 g/mol. The average Bonchev–Trinajstić information content (AvgIpc) is 2.05. The van der Waals surface area contributed by atoms with Crippen molar-refractivity contribution in [3.63, 3.8) is 0 Å². The van der Waals surface area contributed by atoms with Gasteiger partial charge in [0.15, 0.2) is 0 Å². The molecule has 11 heavy (non-hydrogen) atoms. The number of aliphatic hydroxyl groups is 1. The van der Waals surface area contributed by atoms with Crippen molar-refractivity contribution in [3.05, 3.63) is 11.6 Å². The summed E-state index contributed by atoms with van der Waals surface area (Å²) in [6.07, 6.45) is 2.82. The van der Waals surface area contributed by atoms with Gasteiger partial charge in [0.1, 0.15) is 0 Å². The Labute approximate surface area is 68.5 Å². The molecule has 0 aromatic rings. The van der Waals surface area contributed by atoms with E-state index in [9.17, 15) is 5.11 Å². The molecule has 1 heterocycles. The van der Waals surface area contributed by atoms with Gasteiger partial charge in [0.05, 0.1) is 6.10 Å². The predicted molar refractivity (Wildman–Crippen MR) is 46.5 cm³/mol. The maximum absolute atomic E-state index is 9.62. The molecule has 0 unspecified atom stereocenters. The molecule has 0 aromatic heterocycles. The van der Waals surface area contributed by atoms with Crippen molar-refractivity contribution in [2.24, 2.45) is 0 Å². The Morgan fingerprint density at radius 3 is 2.91 bits per heavy atom. The zero-order valence-electron chi connectivity index (χ0n) is 7.54. The third-order valence-electron chi connectivity index (χ3n) is 2.51. The molecule has 0 fully saturated rings. The van der Waals surface area contributed by atoms with Gasteiger partial charge in [-0.05, 0) is 27.3 Å². The molecule has 0 saturated carbocycles. The maximum atomic E-state index is 9.62. The molecule has 64 valence electrons. The molecule has 1 aliphatic rings. The summed E-state index contributed by atoms with van der Waals surface area (Å²) >= 11 is 0. The van der Waals surface area contributed by atoms with Gasteiger partial charge in [-0.15, -0.1) is 0 Å². The first-order chi connectivity index (χ1) is 5.11. The first-order valence-corrected chi connectivity index (χ1v) is 4.15. The molecule has 0 radical (unpaired) electrons. The summed E-state index contributed by atoms with van der Waals surface area (Å²) in [6.45, 7) is 5.11. The van der Waals surface area contributed by atoms with Crippen LogP contribution in [0.1, 0.15) is 20.3 Å². The average molecular weight is 155 g/mol. The van der Waals surface area contributed by atoms with Gasteiger partial charge in [-0.25, -0.2) is 0 Å². The van der Waals surface area contributed by atoms with Crippen LogP contribution in [0.3, 0.4) is 0 Å². The van der Waals surface area contributed by atoms with Gasteiger partial charge in [-0.3, -0.25) is 4.90 Å². The minimum Gasteiger partial charge on any atom is -0.391 e. The number of hydrogen-bond acceptors (Lipinski definition) is 2. The third-order valence-corrected chi connectivity index (χ3v) is 2.51. The first kappa shape index (κ1) is 8.75. The van der Waals surface area contributed by atoms with Crippen LogP contribution in [0.5, 0.6) is 0 Å². The minimum atomic E-state index is -0.196. The highest BCUT2D eigenvalue weighted by Crippen LogP contribution is 2.15. The lowest BCUT2D eigenvalue weighted by atomic mass is 10.1. The molecule has 2 heteroatoms. The number of aliphatic hydroxyl groups excluding tert-OH is 1. The second-order valence-electron chi connectivity index (χ2n) is 3.50. The Balaban J connectivity index is 2.65. The first-order valence-electron chi connectivity index (χ1n) is 4.15. The summed E-state index contributed by atoms with van der Waals surface area (Å²) in [7, 11) is 2.04. The van der Waals surface area contributed by atoms with Crippen LogP contribution in [0.4, 0.5) is 0 Å². The molecular formula is C9H17NO. The highest BCUT2D eigenvalue weighted by Gasteiger charge is 2.20. The summed E-state index contributed by atoms with van der Waals surface area (Å²) in [5.74, 6) is 0. The third kappa shape index (κ3) is 2.04. The van der Waals surface area contributed by atoms with Crippen LogP contribution in [0.15, 0.2) is 11.6 Å². The van der Waals surface area contributed by atoms with E-state index in [1.165, 1.54) is 5.57 Å². The van der Waals surface area contributed by atoms with Gasteiger partial charge in [-0.2, -0.15) is 0 Å². The SMILES string of the molecule is CC1=CCN(C)[C@@H](C)[C@@H](O)C1. The zero-order chi connectivity index (χ0) is 8.43. The van der Waals surface area contributed by atoms with Crippen LogP contribution < -0.4 is 0 Å². The lowest BCUT2D eigenvalue weighted by molar-refractivity contribution is 0.0841. The van der Waals surface area contributed by atoms with E-state index in [1.807, 2.05) is 7.05 Å². The van der Waals surface area contributed by atoms with Crippen molar-refractivity contribution in [1.29, 1.82) is 0 Å². The van der Waals surface area contributed by atoms with Crippen LogP contribution in [-0.4, -0.2) is 35.7 Å². The molecular weight excluding hydrogens is 138 g/mol. The Hall–Kier alpha value is -0.340. The second-order valence-corrected chi connectivity index (χ2v) is 3.50. The number of rotatable bonds is 0. The fraction of sp³-hybridized carbons (Fsp3) is 0.778. The molecule has 0 saturated heterocycles. The lowest BCUT2D eigenvalue weighted by Gasteiger charge is -2.25. The van der Waals surface area contributed by atoms with Crippen molar-refractivity contribution in [1.82, 2.24) is 4.90 Å². The van der Waals surface area contributed by atoms with E-state index in [2.05, 4.69) is 24.8 Å². The van der Waals surface area contributed by atoms with Crippen LogP contribution in [0, 0.1) is 0 Å². The lowest BCUT2D eigenvalue weighted by Crippen LogP contribution is -2.37. The maximum Gasteiger partial charge on any atom is 0.0729 e. The number of likely N-dealkylation sites (N-methyl/N-ethyl adjacent to an activating group) is 1. The molecule has 1 rings (SSSR count). The predicted octanol–water partition coefficient (Wildman–Crippen LogP) is 1.02. The Morgan fingerprint density at radius 2 is 2.27 bits per heavy atom. The number of hydrogen-bond donors (Lipinski definition) is 1. The smallest absolute Gasteiger partial charge is 0.0729 e. The van der Waals surface area contributed by atoms with E-state index < -0.39 is 0 Å². The molecule has 0 amide bonds. The fourth-order valence-corrected chi connectivity index (χ4v) is 1.34. The second kappa shape index (κ2) is 3.37. The molecule has 0 bridgehead atoms. The van der Waals surface area contributed by atoms with Crippen LogP contribution in [0.25, 0.3) is 0 Å². The van der Waals surface area contributed by atoms with E-state index in [0.29, 0.717) is 0 Å². The van der Waals surface area contributed by atoms with Gasteiger partial charge in [-0.1, -0.05) is 11.6 Å². The summed E-state index contributed by atoms with van der Waals surface area (Å²) < 4.78 is 0. The summed E-state index contributed by atoms with van der Waals surface area (Å²) in [4.78, 5) is 2.17. The Bertz CT molecular complexity index is 165. The largest absolute Gasteiger partial charge is 0.391 e. The van der Waals surface area contributed by atoms with E-state index in [4.69, 9.17) is 0 Å². The van der Waals surface area contributed by atoms with Gasteiger partial charge in [0, 0.05) is 12.6 Å². The quantitative estimate of drug-likeness (QED) is 0.528.